The molecule has 4 heteroatoms. The Balaban J connectivity index is 1.80. The molecular weight excluding hydrogens is 266 g/mol. The maximum atomic E-state index is 5.47. The molecule has 0 spiro atoms. The van der Waals surface area contributed by atoms with Gasteiger partial charge in [-0.25, -0.2) is 0 Å². The van der Waals surface area contributed by atoms with Crippen molar-refractivity contribution in [2.45, 2.75) is 44.2 Å². The molecule has 0 saturated heterocycles. The molecule has 1 fully saturated rings. The third-order valence-electron chi connectivity index (χ3n) is 4.25. The Morgan fingerprint density at radius 1 is 1.10 bits per heavy atom. The lowest BCUT2D eigenvalue weighted by Gasteiger charge is -2.29. The molecule has 0 bridgehead atoms. The van der Waals surface area contributed by atoms with Crippen LogP contribution in [0.3, 0.4) is 0 Å². The van der Waals surface area contributed by atoms with Crippen molar-refractivity contribution in [1.29, 1.82) is 0 Å². The molecule has 4 nitrogen and oxygen atoms in total. The fraction of sp³-hybridized carbons (Fsp3) is 0.647. The van der Waals surface area contributed by atoms with Crippen molar-refractivity contribution in [1.82, 2.24) is 5.32 Å². The molecule has 1 N–H and O–H groups in total. The second-order valence-corrected chi connectivity index (χ2v) is 5.61. The standard InChI is InChI=1S/C17H27NO3/c1-19-15-6-4-5-14(12-15)18-10-9-13-7-8-16(20-2)17(11-13)21-3/h7-8,11,14-15,18H,4-6,9-10,12H2,1-3H3. The van der Waals surface area contributed by atoms with Gasteiger partial charge in [-0.3, -0.25) is 0 Å². The molecule has 2 unspecified atom stereocenters. The van der Waals surface area contributed by atoms with E-state index in [1.54, 1.807) is 14.2 Å². The first-order chi connectivity index (χ1) is 10.3. The molecule has 1 aliphatic carbocycles. The van der Waals surface area contributed by atoms with Gasteiger partial charge in [0.05, 0.1) is 20.3 Å². The van der Waals surface area contributed by atoms with Gasteiger partial charge in [0, 0.05) is 13.2 Å². The third kappa shape index (κ3) is 4.61. The summed E-state index contributed by atoms with van der Waals surface area (Å²) in [4.78, 5) is 0. The lowest BCUT2D eigenvalue weighted by Crippen LogP contribution is -2.37. The van der Waals surface area contributed by atoms with Crippen molar-refractivity contribution in [3.8, 4) is 11.5 Å². The van der Waals surface area contributed by atoms with E-state index in [0.29, 0.717) is 12.1 Å². The van der Waals surface area contributed by atoms with Crippen LogP contribution in [0.2, 0.25) is 0 Å². The Morgan fingerprint density at radius 3 is 2.62 bits per heavy atom. The monoisotopic (exact) mass is 293 g/mol. The van der Waals surface area contributed by atoms with Gasteiger partial charge in [-0.1, -0.05) is 6.07 Å². The first kappa shape index (κ1) is 16.1. The summed E-state index contributed by atoms with van der Waals surface area (Å²) in [6.45, 7) is 0.983. The van der Waals surface area contributed by atoms with Gasteiger partial charge in [0.15, 0.2) is 11.5 Å². The van der Waals surface area contributed by atoms with Crippen LogP contribution < -0.4 is 14.8 Å². The van der Waals surface area contributed by atoms with E-state index in [2.05, 4.69) is 17.4 Å². The Kier molecular flexibility index (Phi) is 6.33. The smallest absolute Gasteiger partial charge is 0.160 e. The first-order valence-corrected chi connectivity index (χ1v) is 7.74. The van der Waals surface area contributed by atoms with E-state index in [9.17, 15) is 0 Å². The highest BCUT2D eigenvalue weighted by Gasteiger charge is 2.20. The third-order valence-corrected chi connectivity index (χ3v) is 4.25. The molecule has 1 aliphatic rings. The maximum absolute atomic E-state index is 5.47. The zero-order valence-electron chi connectivity index (χ0n) is 13.4. The van der Waals surface area contributed by atoms with Crippen LogP contribution in [-0.4, -0.2) is 40.0 Å². The Morgan fingerprint density at radius 2 is 1.90 bits per heavy atom. The fourth-order valence-corrected chi connectivity index (χ4v) is 3.00. The van der Waals surface area contributed by atoms with Crippen molar-refractivity contribution in [2.75, 3.05) is 27.9 Å². The van der Waals surface area contributed by atoms with Crippen LogP contribution in [0.1, 0.15) is 31.2 Å². The SMILES string of the molecule is COc1ccc(CCNC2CCCC(OC)C2)cc1OC. The summed E-state index contributed by atoms with van der Waals surface area (Å²) in [6, 6.07) is 6.71. The van der Waals surface area contributed by atoms with Gasteiger partial charge in [0.1, 0.15) is 0 Å². The van der Waals surface area contributed by atoms with E-state index in [4.69, 9.17) is 14.2 Å². The summed E-state index contributed by atoms with van der Waals surface area (Å²) in [6.07, 6.45) is 6.26. The minimum absolute atomic E-state index is 0.428. The number of benzene rings is 1. The molecule has 0 aromatic heterocycles. The zero-order valence-corrected chi connectivity index (χ0v) is 13.4. The van der Waals surface area contributed by atoms with Crippen molar-refractivity contribution in [3.63, 3.8) is 0 Å². The largest absolute Gasteiger partial charge is 0.493 e. The van der Waals surface area contributed by atoms with Gasteiger partial charge < -0.3 is 19.5 Å². The lowest BCUT2D eigenvalue weighted by molar-refractivity contribution is 0.0590. The van der Waals surface area contributed by atoms with Gasteiger partial charge >= 0.3 is 0 Å². The summed E-state index contributed by atoms with van der Waals surface area (Å²) >= 11 is 0. The highest BCUT2D eigenvalue weighted by atomic mass is 16.5. The van der Waals surface area contributed by atoms with Gasteiger partial charge in [0.2, 0.25) is 0 Å². The second-order valence-electron chi connectivity index (χ2n) is 5.61. The number of hydrogen-bond acceptors (Lipinski definition) is 4. The van der Waals surface area contributed by atoms with Crippen LogP contribution >= 0.6 is 0 Å². The molecule has 0 radical (unpaired) electrons. The summed E-state index contributed by atoms with van der Waals surface area (Å²) in [5.41, 5.74) is 1.26. The summed E-state index contributed by atoms with van der Waals surface area (Å²) in [5.74, 6) is 1.58. The molecule has 1 aromatic carbocycles. The quantitative estimate of drug-likeness (QED) is 0.839. The van der Waals surface area contributed by atoms with Crippen LogP contribution in [0.4, 0.5) is 0 Å². The molecular formula is C17H27NO3. The van der Waals surface area contributed by atoms with Gasteiger partial charge in [0.25, 0.3) is 0 Å². The number of hydrogen-bond donors (Lipinski definition) is 1. The van der Waals surface area contributed by atoms with Crippen molar-refractivity contribution >= 4 is 0 Å². The van der Waals surface area contributed by atoms with Gasteiger partial charge in [-0.15, -0.1) is 0 Å². The fourth-order valence-electron chi connectivity index (χ4n) is 3.00. The minimum Gasteiger partial charge on any atom is -0.493 e. The van der Waals surface area contributed by atoms with E-state index in [-0.39, 0.29) is 0 Å². The van der Waals surface area contributed by atoms with Gasteiger partial charge in [-0.05, 0) is 56.3 Å². The van der Waals surface area contributed by atoms with Crippen LogP contribution in [0.25, 0.3) is 0 Å². The van der Waals surface area contributed by atoms with Crippen LogP contribution in [0.5, 0.6) is 11.5 Å². The normalized spacial score (nSPS) is 22.0. The number of methoxy groups -OCH3 is 3. The highest BCUT2D eigenvalue weighted by Crippen LogP contribution is 2.27. The molecule has 0 amide bonds. The predicted molar refractivity (Wildman–Crippen MR) is 84.3 cm³/mol. The van der Waals surface area contributed by atoms with Crippen molar-refractivity contribution < 1.29 is 14.2 Å². The van der Waals surface area contributed by atoms with Gasteiger partial charge in [-0.2, -0.15) is 0 Å². The predicted octanol–water partition coefficient (Wildman–Crippen LogP) is 2.79. The van der Waals surface area contributed by atoms with Crippen LogP contribution in [0.15, 0.2) is 18.2 Å². The molecule has 1 saturated carbocycles. The van der Waals surface area contributed by atoms with Crippen molar-refractivity contribution in [2.24, 2.45) is 0 Å². The van der Waals surface area contributed by atoms with E-state index < -0.39 is 0 Å². The Hall–Kier alpha value is -1.26. The second kappa shape index (κ2) is 8.25. The molecule has 21 heavy (non-hydrogen) atoms. The van der Waals surface area contributed by atoms with Crippen LogP contribution in [0, 0.1) is 0 Å². The van der Waals surface area contributed by atoms with E-state index in [0.717, 1.165) is 30.9 Å². The minimum atomic E-state index is 0.428. The zero-order chi connectivity index (χ0) is 15.1. The Bertz CT molecular complexity index is 436. The maximum Gasteiger partial charge on any atom is 0.160 e. The van der Waals surface area contributed by atoms with Crippen molar-refractivity contribution in [3.05, 3.63) is 23.8 Å². The van der Waals surface area contributed by atoms with E-state index >= 15 is 0 Å². The summed E-state index contributed by atoms with van der Waals surface area (Å²) in [5, 5.41) is 3.65. The average Bonchev–Trinajstić information content (AvgIpc) is 2.55. The van der Waals surface area contributed by atoms with E-state index in [1.807, 2.05) is 13.2 Å². The highest BCUT2D eigenvalue weighted by molar-refractivity contribution is 5.42. The summed E-state index contributed by atoms with van der Waals surface area (Å²) in [7, 11) is 5.15. The Labute approximate surface area is 127 Å². The molecule has 2 atom stereocenters. The van der Waals surface area contributed by atoms with E-state index in [1.165, 1.54) is 24.8 Å². The number of rotatable bonds is 7. The first-order valence-electron chi connectivity index (χ1n) is 7.74. The average molecular weight is 293 g/mol. The molecule has 1 aromatic rings. The number of ether oxygens (including phenoxy) is 3. The molecule has 0 aliphatic heterocycles. The summed E-state index contributed by atoms with van der Waals surface area (Å²) < 4.78 is 16.1. The topological polar surface area (TPSA) is 39.7 Å². The molecule has 118 valence electrons. The molecule has 0 heterocycles. The number of nitrogens with one attached hydrogen (secondary N) is 1. The van der Waals surface area contributed by atoms with Crippen LogP contribution in [-0.2, 0) is 11.2 Å². The molecule has 2 rings (SSSR count). The lowest BCUT2D eigenvalue weighted by atomic mass is 9.93.